The van der Waals surface area contributed by atoms with Gasteiger partial charge in [-0.05, 0) is 30.8 Å². The topological polar surface area (TPSA) is 49.9 Å². The van der Waals surface area contributed by atoms with Crippen molar-refractivity contribution in [2.24, 2.45) is 5.92 Å². The first-order valence-electron chi connectivity index (χ1n) is 7.99. The van der Waals surface area contributed by atoms with Gasteiger partial charge in [-0.2, -0.15) is 0 Å². The van der Waals surface area contributed by atoms with Crippen LogP contribution in [0.1, 0.15) is 12.0 Å². The molecule has 0 spiro atoms. The van der Waals surface area contributed by atoms with Gasteiger partial charge in [0.2, 0.25) is 0 Å². The van der Waals surface area contributed by atoms with E-state index in [1.54, 1.807) is 24.3 Å². The highest BCUT2D eigenvalue weighted by Crippen LogP contribution is 2.41. The number of hydrogen-bond donors (Lipinski definition) is 0. The minimum atomic E-state index is -1.76. The zero-order valence-electron chi connectivity index (χ0n) is 13.9. The maximum Gasteiger partial charge on any atom is 0.330 e. The summed E-state index contributed by atoms with van der Waals surface area (Å²) in [6, 6.07) is 7.17. The highest BCUT2D eigenvalue weighted by atomic mass is 19.1. The fourth-order valence-corrected chi connectivity index (χ4v) is 3.43. The van der Waals surface area contributed by atoms with E-state index in [0.717, 1.165) is 5.56 Å². The molecule has 2 fully saturated rings. The van der Waals surface area contributed by atoms with E-state index in [4.69, 9.17) is 0 Å². The zero-order valence-corrected chi connectivity index (χ0v) is 13.9. The Morgan fingerprint density at radius 3 is 2.96 bits per heavy atom. The van der Waals surface area contributed by atoms with Gasteiger partial charge in [0.05, 0.1) is 7.11 Å². The molecule has 0 radical (unpaired) electrons. The molecule has 1 aromatic carbocycles. The molecular formula is C18H21FN2O3. The van der Waals surface area contributed by atoms with E-state index in [-0.39, 0.29) is 12.3 Å². The van der Waals surface area contributed by atoms with E-state index in [9.17, 15) is 9.59 Å². The molecule has 1 amide bonds. The minimum absolute atomic E-state index is 0.242. The molecule has 2 aliphatic rings. The van der Waals surface area contributed by atoms with Gasteiger partial charge in [-0.15, -0.1) is 0 Å². The second-order valence-electron chi connectivity index (χ2n) is 6.44. The van der Waals surface area contributed by atoms with Gasteiger partial charge < -0.3 is 14.5 Å². The lowest BCUT2D eigenvalue weighted by Crippen LogP contribution is -2.49. The predicted molar refractivity (Wildman–Crippen MR) is 89.3 cm³/mol. The Balaban J connectivity index is 1.83. The first-order chi connectivity index (χ1) is 11.4. The van der Waals surface area contributed by atoms with Crippen LogP contribution in [0.4, 0.5) is 10.1 Å². The lowest BCUT2D eigenvalue weighted by atomic mass is 9.85. The smallest absolute Gasteiger partial charge is 0.330 e. The first kappa shape index (κ1) is 16.6. The van der Waals surface area contributed by atoms with Crippen molar-refractivity contribution < 1.29 is 18.7 Å². The van der Waals surface area contributed by atoms with Gasteiger partial charge in [0, 0.05) is 43.7 Å². The lowest BCUT2D eigenvalue weighted by Gasteiger charge is -2.34. The molecule has 2 heterocycles. The molecule has 2 saturated heterocycles. The molecule has 0 N–H and O–H groups in total. The van der Waals surface area contributed by atoms with E-state index in [2.05, 4.69) is 9.64 Å². The van der Waals surface area contributed by atoms with Crippen LogP contribution in [0, 0.1) is 5.92 Å². The number of alkyl halides is 1. The molecular weight excluding hydrogens is 311 g/mol. The number of anilines is 1. The Bertz CT molecular complexity index is 691. The maximum atomic E-state index is 15.2. The second-order valence-corrected chi connectivity index (χ2v) is 6.44. The number of carbonyl (C=O) groups excluding carboxylic acids is 2. The Kier molecular flexibility index (Phi) is 4.41. The molecule has 0 bridgehead atoms. The Labute approximate surface area is 140 Å². The molecule has 1 aromatic rings. The van der Waals surface area contributed by atoms with Crippen molar-refractivity contribution in [1.29, 1.82) is 0 Å². The summed E-state index contributed by atoms with van der Waals surface area (Å²) in [4.78, 5) is 27.4. The molecule has 2 aliphatic heterocycles. The Morgan fingerprint density at radius 1 is 1.42 bits per heavy atom. The van der Waals surface area contributed by atoms with Crippen LogP contribution in [0.5, 0.6) is 0 Å². The number of carbonyl (C=O) groups is 2. The van der Waals surface area contributed by atoms with Crippen molar-refractivity contribution in [3.63, 3.8) is 0 Å². The number of rotatable bonds is 3. The average Bonchev–Trinajstić information content (AvgIpc) is 2.85. The Morgan fingerprint density at radius 2 is 2.21 bits per heavy atom. The van der Waals surface area contributed by atoms with Gasteiger partial charge >= 0.3 is 5.97 Å². The fourth-order valence-electron chi connectivity index (χ4n) is 3.43. The van der Waals surface area contributed by atoms with E-state index in [1.807, 2.05) is 13.1 Å². The van der Waals surface area contributed by atoms with Crippen LogP contribution in [0.2, 0.25) is 0 Å². The summed E-state index contributed by atoms with van der Waals surface area (Å²) < 4.78 is 19.7. The van der Waals surface area contributed by atoms with E-state index in [0.29, 0.717) is 25.3 Å². The van der Waals surface area contributed by atoms with Crippen molar-refractivity contribution in [3.8, 4) is 0 Å². The summed E-state index contributed by atoms with van der Waals surface area (Å²) in [5.41, 5.74) is -0.351. The first-order valence-corrected chi connectivity index (χ1v) is 7.99. The van der Waals surface area contributed by atoms with Crippen LogP contribution in [0.25, 0.3) is 6.08 Å². The van der Waals surface area contributed by atoms with Crippen molar-refractivity contribution in [2.45, 2.75) is 12.1 Å². The number of esters is 1. The highest BCUT2D eigenvalue weighted by Gasteiger charge is 2.56. The lowest BCUT2D eigenvalue weighted by molar-refractivity contribution is -0.134. The fraction of sp³-hybridized carbons (Fsp3) is 0.444. The highest BCUT2D eigenvalue weighted by molar-refractivity contribution is 6.02. The van der Waals surface area contributed by atoms with Gasteiger partial charge in [0.25, 0.3) is 5.91 Å². The number of hydrogen-bond acceptors (Lipinski definition) is 4. The number of piperidine rings is 1. The van der Waals surface area contributed by atoms with E-state index >= 15 is 4.39 Å². The monoisotopic (exact) mass is 332 g/mol. The molecule has 2 atom stereocenters. The van der Waals surface area contributed by atoms with Gasteiger partial charge in [-0.3, -0.25) is 4.79 Å². The van der Waals surface area contributed by atoms with Crippen LogP contribution >= 0.6 is 0 Å². The van der Waals surface area contributed by atoms with Crippen molar-refractivity contribution in [2.75, 3.05) is 38.7 Å². The Hall–Kier alpha value is -2.21. The van der Waals surface area contributed by atoms with Crippen LogP contribution in [0.15, 0.2) is 30.3 Å². The number of benzene rings is 1. The molecule has 0 saturated carbocycles. The summed E-state index contributed by atoms with van der Waals surface area (Å²) >= 11 is 0. The maximum absolute atomic E-state index is 15.2. The molecule has 0 unspecified atom stereocenters. The number of halogens is 1. The number of ether oxygens (including phenoxy) is 1. The zero-order chi connectivity index (χ0) is 17.3. The third-order valence-electron chi connectivity index (χ3n) is 4.84. The summed E-state index contributed by atoms with van der Waals surface area (Å²) in [7, 11) is 3.26. The van der Waals surface area contributed by atoms with Crippen LogP contribution in [0.3, 0.4) is 0 Å². The van der Waals surface area contributed by atoms with Gasteiger partial charge in [0.1, 0.15) is 0 Å². The molecule has 128 valence electrons. The largest absolute Gasteiger partial charge is 0.466 e. The van der Waals surface area contributed by atoms with Crippen LogP contribution in [-0.2, 0) is 14.3 Å². The third kappa shape index (κ3) is 2.94. The predicted octanol–water partition coefficient (Wildman–Crippen LogP) is 1.88. The standard InChI is InChI=1S/C18H21FN2O3/c1-20-9-8-18(19)14(11-20)12-21(17(18)23)15-5-3-4-13(10-15)6-7-16(22)24-2/h3-7,10,14H,8-9,11-12H2,1-2H3/b7-6+/t14-,18+/m0/s1. The molecule has 24 heavy (non-hydrogen) atoms. The van der Waals surface area contributed by atoms with Gasteiger partial charge in [-0.25, -0.2) is 9.18 Å². The number of likely N-dealkylation sites (tertiary alicyclic amines) is 1. The minimum Gasteiger partial charge on any atom is -0.466 e. The molecule has 0 aromatic heterocycles. The number of methoxy groups -OCH3 is 1. The van der Waals surface area contributed by atoms with Crippen molar-refractivity contribution in [3.05, 3.63) is 35.9 Å². The molecule has 0 aliphatic carbocycles. The summed E-state index contributed by atoms with van der Waals surface area (Å²) in [5, 5.41) is 0. The quantitative estimate of drug-likeness (QED) is 0.626. The van der Waals surface area contributed by atoms with E-state index < -0.39 is 17.5 Å². The number of fused-ring (bicyclic) bond motifs is 1. The SMILES string of the molecule is COC(=O)/C=C/c1cccc(N2C[C@@H]3CN(C)CC[C@]3(F)C2=O)c1. The van der Waals surface area contributed by atoms with E-state index in [1.165, 1.54) is 18.1 Å². The van der Waals surface area contributed by atoms with Crippen LogP contribution < -0.4 is 4.90 Å². The molecule has 6 heteroatoms. The molecule has 3 rings (SSSR count). The number of nitrogens with zero attached hydrogens (tertiary/aromatic N) is 2. The number of amides is 1. The third-order valence-corrected chi connectivity index (χ3v) is 4.84. The summed E-state index contributed by atoms with van der Waals surface area (Å²) in [6.07, 6.45) is 3.17. The summed E-state index contributed by atoms with van der Waals surface area (Å²) in [5.74, 6) is -1.21. The van der Waals surface area contributed by atoms with Crippen LogP contribution in [-0.4, -0.2) is 56.2 Å². The van der Waals surface area contributed by atoms with Crippen molar-refractivity contribution in [1.82, 2.24) is 4.90 Å². The van der Waals surface area contributed by atoms with Gasteiger partial charge in [-0.1, -0.05) is 12.1 Å². The van der Waals surface area contributed by atoms with Crippen molar-refractivity contribution >= 4 is 23.6 Å². The second kappa shape index (κ2) is 6.36. The molecule has 5 nitrogen and oxygen atoms in total. The summed E-state index contributed by atoms with van der Waals surface area (Å²) in [6.45, 7) is 1.55. The normalized spacial score (nSPS) is 27.5. The van der Waals surface area contributed by atoms with Gasteiger partial charge in [0.15, 0.2) is 5.67 Å². The average molecular weight is 332 g/mol.